The number of hydrogen-bond donors (Lipinski definition) is 1. The van der Waals surface area contributed by atoms with Gasteiger partial charge in [0, 0.05) is 52.3 Å². The van der Waals surface area contributed by atoms with Crippen LogP contribution >= 0.6 is 0 Å². The van der Waals surface area contributed by atoms with E-state index in [2.05, 4.69) is 10.3 Å². The Kier molecular flexibility index (Phi) is 8.81. The van der Waals surface area contributed by atoms with Crippen molar-refractivity contribution >= 4 is 11.8 Å². The number of rotatable bonds is 10. The third kappa shape index (κ3) is 6.72. The van der Waals surface area contributed by atoms with Crippen molar-refractivity contribution in [3.05, 3.63) is 34.8 Å². The molecule has 23 heavy (non-hydrogen) atoms. The molecule has 0 aliphatic rings. The molecule has 0 saturated carbocycles. The second-order valence-electron chi connectivity index (χ2n) is 4.79. The molecule has 0 aliphatic carbocycles. The number of carbonyl (C=O) groups excluding carboxylic acids is 2. The summed E-state index contributed by atoms with van der Waals surface area (Å²) in [5.74, 6) is -1.09. The predicted molar refractivity (Wildman–Crippen MR) is 84.0 cm³/mol. The Hall–Kier alpha value is -2.03. The Morgan fingerprint density at radius 1 is 1.26 bits per heavy atom. The molecule has 1 rings (SSSR count). The molecule has 8 heteroatoms. The predicted octanol–water partition coefficient (Wildman–Crippen LogP) is 0.824. The van der Waals surface area contributed by atoms with Crippen LogP contribution in [0.15, 0.2) is 18.3 Å². The van der Waals surface area contributed by atoms with Gasteiger partial charge in [-0.05, 0) is 25.0 Å². The molecule has 1 aromatic heterocycles. The lowest BCUT2D eigenvalue weighted by Gasteiger charge is -2.27. The van der Waals surface area contributed by atoms with Crippen molar-refractivity contribution in [3.63, 3.8) is 0 Å². The number of hydroxylamine groups is 2. The minimum atomic E-state index is -0.768. The molecule has 0 spiro atoms. The van der Waals surface area contributed by atoms with Gasteiger partial charge in [0.15, 0.2) is 0 Å². The molecule has 0 radical (unpaired) electrons. The maximum atomic E-state index is 12.0. The minimum absolute atomic E-state index is 0.0157. The maximum absolute atomic E-state index is 12.0. The fourth-order valence-corrected chi connectivity index (χ4v) is 1.79. The molecular weight excluding hydrogens is 302 g/mol. The van der Waals surface area contributed by atoms with Crippen LogP contribution in [0, 0.1) is 5.21 Å². The normalized spacial score (nSPS) is 10.4. The van der Waals surface area contributed by atoms with E-state index in [1.54, 1.807) is 7.11 Å². The zero-order chi connectivity index (χ0) is 17.1. The summed E-state index contributed by atoms with van der Waals surface area (Å²) in [4.78, 5) is 27.8. The molecule has 1 aromatic rings. The zero-order valence-corrected chi connectivity index (χ0v) is 13.4. The van der Waals surface area contributed by atoms with Gasteiger partial charge in [-0.3, -0.25) is 14.6 Å². The van der Waals surface area contributed by atoms with Crippen LogP contribution < -0.4 is 5.32 Å². The van der Waals surface area contributed by atoms with Gasteiger partial charge in [-0.15, -0.1) is 0 Å². The summed E-state index contributed by atoms with van der Waals surface area (Å²) in [6.45, 7) is 1.42. The van der Waals surface area contributed by atoms with Crippen molar-refractivity contribution in [2.45, 2.75) is 12.8 Å². The Labute approximate surface area is 135 Å². The van der Waals surface area contributed by atoms with E-state index in [0.717, 1.165) is 0 Å². The Bertz CT molecular complexity index is 510. The Morgan fingerprint density at radius 2 is 1.96 bits per heavy atom. The third-order valence-corrected chi connectivity index (χ3v) is 2.99. The van der Waals surface area contributed by atoms with Gasteiger partial charge < -0.3 is 25.1 Å². The van der Waals surface area contributed by atoms with Crippen molar-refractivity contribution in [1.29, 1.82) is 0 Å². The van der Waals surface area contributed by atoms with E-state index in [0.29, 0.717) is 37.7 Å². The summed E-state index contributed by atoms with van der Waals surface area (Å²) in [6, 6.07) is 2.80. The van der Waals surface area contributed by atoms with Crippen LogP contribution in [0.2, 0.25) is 0 Å². The topological polar surface area (TPSA) is 104 Å². The molecule has 0 atom stereocenters. The lowest BCUT2D eigenvalue weighted by atomic mass is 10.2. The molecule has 1 N–H and O–H groups in total. The van der Waals surface area contributed by atoms with Gasteiger partial charge in [0.2, 0.25) is 0 Å². The third-order valence-electron chi connectivity index (χ3n) is 2.99. The molecule has 0 aromatic carbocycles. The number of methoxy groups -OCH3 is 2. The van der Waals surface area contributed by atoms with Crippen LogP contribution in [-0.4, -0.2) is 62.4 Å². The Balaban J connectivity index is 2.61. The van der Waals surface area contributed by atoms with Crippen LogP contribution in [0.5, 0.6) is 0 Å². The van der Waals surface area contributed by atoms with Gasteiger partial charge in [-0.2, -0.15) is 0 Å². The van der Waals surface area contributed by atoms with Crippen molar-refractivity contribution in [3.8, 4) is 0 Å². The smallest absolute Gasteiger partial charge is 0.261 e. The van der Waals surface area contributed by atoms with E-state index < -0.39 is 5.91 Å². The number of carbonyl (C=O) groups is 2. The van der Waals surface area contributed by atoms with Crippen molar-refractivity contribution < 1.29 is 19.1 Å². The fraction of sp³-hybridized carbons (Fsp3) is 0.533. The molecule has 1 heterocycles. The second-order valence-corrected chi connectivity index (χ2v) is 4.79. The van der Waals surface area contributed by atoms with Gasteiger partial charge in [0.05, 0.1) is 0 Å². The van der Waals surface area contributed by atoms with Gasteiger partial charge in [0.1, 0.15) is 5.69 Å². The number of nitrogens with zero attached hydrogens (tertiary/aromatic N) is 2. The zero-order valence-electron chi connectivity index (χ0n) is 13.4. The molecule has 128 valence electrons. The first-order chi connectivity index (χ1) is 11.1. The quantitative estimate of drug-likeness (QED) is 0.505. The molecule has 0 fully saturated rings. The maximum Gasteiger partial charge on any atom is 0.261 e. The number of nitrogens with one attached hydrogen (secondary N) is 1. The van der Waals surface area contributed by atoms with Gasteiger partial charge >= 0.3 is 0 Å². The van der Waals surface area contributed by atoms with E-state index in [1.807, 2.05) is 0 Å². The number of ether oxygens (including phenoxy) is 2. The van der Waals surface area contributed by atoms with E-state index >= 15 is 0 Å². The summed E-state index contributed by atoms with van der Waals surface area (Å²) >= 11 is 0. The van der Waals surface area contributed by atoms with Crippen molar-refractivity contribution in [1.82, 2.24) is 15.4 Å². The van der Waals surface area contributed by atoms with Crippen LogP contribution in [0.3, 0.4) is 0 Å². The second kappa shape index (κ2) is 10.7. The van der Waals surface area contributed by atoms with E-state index in [4.69, 9.17) is 9.47 Å². The van der Waals surface area contributed by atoms with E-state index in [1.165, 1.54) is 25.4 Å². The average Bonchev–Trinajstić information content (AvgIpc) is 2.58. The summed E-state index contributed by atoms with van der Waals surface area (Å²) in [6.07, 6.45) is 2.46. The van der Waals surface area contributed by atoms with Crippen LogP contribution in [0.25, 0.3) is 0 Å². The molecule has 0 saturated heterocycles. The molecule has 0 bridgehead atoms. The van der Waals surface area contributed by atoms with Crippen LogP contribution in [0.4, 0.5) is 0 Å². The van der Waals surface area contributed by atoms with E-state index in [-0.39, 0.29) is 23.7 Å². The highest BCUT2D eigenvalue weighted by atomic mass is 16.5. The highest BCUT2D eigenvalue weighted by Gasteiger charge is 2.13. The highest BCUT2D eigenvalue weighted by Crippen LogP contribution is 2.06. The number of amides is 2. The molecule has 2 amide bonds. The highest BCUT2D eigenvalue weighted by molar-refractivity contribution is 5.98. The monoisotopic (exact) mass is 324 g/mol. The summed E-state index contributed by atoms with van der Waals surface area (Å²) < 4.78 is 9.72. The summed E-state index contributed by atoms with van der Waals surface area (Å²) in [5.41, 5.74) is 0.230. The standard InChI is InChI=1S/C15H22N3O5/c1-22-9-3-6-17-14(19)12-5-7-16-13(11-12)15(20)18(21)8-4-10-23-2/h5,7,11H,3-4,6,8-10H2,1-2H3,(H,17,19)/q-1. The SMILES string of the molecule is COCCCNC(=O)c1ccnc(C(=O)N([O-])CCCOC)c1. The number of aromatic nitrogens is 1. The molecular formula is C15H22N3O5-. The summed E-state index contributed by atoms with van der Waals surface area (Å²) in [5, 5.41) is 14.7. The largest absolute Gasteiger partial charge is 0.756 e. The lowest BCUT2D eigenvalue weighted by Crippen LogP contribution is -2.29. The average molecular weight is 324 g/mol. The Morgan fingerprint density at radius 3 is 2.65 bits per heavy atom. The first kappa shape index (κ1) is 19.0. The first-order valence-electron chi connectivity index (χ1n) is 7.31. The number of pyridine rings is 1. The van der Waals surface area contributed by atoms with E-state index in [9.17, 15) is 14.8 Å². The van der Waals surface area contributed by atoms with Crippen molar-refractivity contribution in [2.24, 2.45) is 0 Å². The molecule has 0 aliphatic heterocycles. The number of hydrogen-bond acceptors (Lipinski definition) is 6. The first-order valence-corrected chi connectivity index (χ1v) is 7.31. The molecule has 0 unspecified atom stereocenters. The summed E-state index contributed by atoms with van der Waals surface area (Å²) in [7, 11) is 3.11. The van der Waals surface area contributed by atoms with Gasteiger partial charge in [-0.25, -0.2) is 0 Å². The fourth-order valence-electron chi connectivity index (χ4n) is 1.79. The lowest BCUT2D eigenvalue weighted by molar-refractivity contribution is 0.0803. The van der Waals surface area contributed by atoms with Gasteiger partial charge in [-0.1, -0.05) is 0 Å². The minimum Gasteiger partial charge on any atom is -0.756 e. The van der Waals surface area contributed by atoms with Crippen LogP contribution in [0.1, 0.15) is 33.7 Å². The van der Waals surface area contributed by atoms with Crippen molar-refractivity contribution in [2.75, 3.05) is 40.5 Å². The van der Waals surface area contributed by atoms with Crippen LogP contribution in [-0.2, 0) is 9.47 Å². The van der Waals surface area contributed by atoms with Gasteiger partial charge in [0.25, 0.3) is 11.8 Å². The molecule has 8 nitrogen and oxygen atoms in total.